The summed E-state index contributed by atoms with van der Waals surface area (Å²) >= 11 is 0. The van der Waals surface area contributed by atoms with Crippen molar-refractivity contribution in [2.45, 2.75) is 18.2 Å². The van der Waals surface area contributed by atoms with Crippen molar-refractivity contribution >= 4 is 16.7 Å². The van der Waals surface area contributed by atoms with Gasteiger partial charge in [-0.05, 0) is 28.6 Å². The molecule has 1 amide bonds. The predicted octanol–water partition coefficient (Wildman–Crippen LogP) is 3.77. The summed E-state index contributed by atoms with van der Waals surface area (Å²) in [5.74, 6) is -2.88. The van der Waals surface area contributed by atoms with E-state index in [2.05, 4.69) is 4.98 Å². The molecular formula is C27H22F2N2O4. The molecule has 0 aliphatic carbocycles. The second-order valence-electron chi connectivity index (χ2n) is 8.55. The first kappa shape index (κ1) is 22.9. The number of pyridine rings is 1. The van der Waals surface area contributed by atoms with Crippen molar-refractivity contribution in [1.29, 1.82) is 0 Å². The lowest BCUT2D eigenvalue weighted by Crippen LogP contribution is -2.49. The quantitative estimate of drug-likeness (QED) is 0.470. The minimum absolute atomic E-state index is 0.0308. The van der Waals surface area contributed by atoms with Gasteiger partial charge in [0.05, 0.1) is 24.6 Å². The number of amides is 1. The maximum atomic E-state index is 14.2. The molecule has 2 N–H and O–H groups in total. The van der Waals surface area contributed by atoms with Crippen LogP contribution in [0.25, 0.3) is 10.8 Å². The van der Waals surface area contributed by atoms with Crippen LogP contribution in [0.3, 0.4) is 0 Å². The molecule has 1 aliphatic rings. The van der Waals surface area contributed by atoms with Crippen LogP contribution in [0.1, 0.15) is 28.4 Å². The summed E-state index contributed by atoms with van der Waals surface area (Å²) < 4.78 is 33.8. The van der Waals surface area contributed by atoms with Gasteiger partial charge < -0.3 is 19.7 Å². The number of ether oxygens (including phenoxy) is 1. The smallest absolute Gasteiger partial charge is 0.264 e. The van der Waals surface area contributed by atoms with Gasteiger partial charge in [0.15, 0.2) is 17.2 Å². The Labute approximate surface area is 199 Å². The molecule has 0 spiro atoms. The Morgan fingerprint density at radius 3 is 2.11 bits per heavy atom. The molecule has 1 atom stereocenters. The van der Waals surface area contributed by atoms with Gasteiger partial charge in [0.2, 0.25) is 0 Å². The number of nitrogens with zero attached hydrogens (tertiary/aromatic N) is 1. The lowest BCUT2D eigenvalue weighted by atomic mass is 9.84. The Bertz CT molecular complexity index is 1430. The Balaban J connectivity index is 1.67. The van der Waals surface area contributed by atoms with Gasteiger partial charge in [-0.3, -0.25) is 9.59 Å². The second-order valence-corrected chi connectivity index (χ2v) is 8.55. The van der Waals surface area contributed by atoms with Crippen molar-refractivity contribution in [2.75, 3.05) is 13.7 Å². The maximum absolute atomic E-state index is 14.2. The minimum Gasteiger partial charge on any atom is -0.373 e. The van der Waals surface area contributed by atoms with Crippen LogP contribution in [0.2, 0.25) is 0 Å². The zero-order chi connectivity index (χ0) is 24.7. The van der Waals surface area contributed by atoms with E-state index in [-0.39, 0.29) is 24.0 Å². The number of aromatic nitrogens is 1. The molecular weight excluding hydrogens is 454 g/mol. The average molecular weight is 476 g/mol. The number of benzene rings is 3. The Morgan fingerprint density at radius 1 is 1.00 bits per heavy atom. The van der Waals surface area contributed by atoms with Crippen LogP contribution in [0.5, 0.6) is 0 Å². The fourth-order valence-corrected chi connectivity index (χ4v) is 4.72. The number of hydrogen-bond acceptors (Lipinski definition) is 4. The largest absolute Gasteiger partial charge is 0.373 e. The molecule has 35 heavy (non-hydrogen) atoms. The third kappa shape index (κ3) is 3.71. The fraction of sp³-hybridized carbons (Fsp3) is 0.185. The van der Waals surface area contributed by atoms with Crippen LogP contribution in [0.4, 0.5) is 8.78 Å². The summed E-state index contributed by atoms with van der Waals surface area (Å²) in [6.45, 7) is 0.0781. The number of fused-ring (bicyclic) bond motifs is 3. The van der Waals surface area contributed by atoms with Gasteiger partial charge in [-0.25, -0.2) is 8.78 Å². The van der Waals surface area contributed by atoms with E-state index in [4.69, 9.17) is 4.74 Å². The van der Waals surface area contributed by atoms with Crippen LogP contribution >= 0.6 is 0 Å². The molecule has 6 nitrogen and oxygen atoms in total. The number of likely N-dealkylation sites (N-methyl/N-ethyl adjacent to an activating group) is 1. The number of rotatable bonds is 4. The van der Waals surface area contributed by atoms with Crippen LogP contribution in [-0.2, 0) is 21.7 Å². The second kappa shape index (κ2) is 8.72. The number of H-pyrrole nitrogens is 1. The molecule has 1 aromatic heterocycles. The van der Waals surface area contributed by atoms with E-state index in [0.29, 0.717) is 22.4 Å². The molecule has 8 heteroatoms. The highest BCUT2D eigenvalue weighted by Crippen LogP contribution is 2.38. The number of nitrogens with one attached hydrogen (secondary N) is 1. The summed E-state index contributed by atoms with van der Waals surface area (Å²) in [4.78, 5) is 30.6. The van der Waals surface area contributed by atoms with E-state index < -0.39 is 34.7 Å². The van der Waals surface area contributed by atoms with Gasteiger partial charge in [-0.1, -0.05) is 60.7 Å². The first-order valence-electron chi connectivity index (χ1n) is 11.0. The van der Waals surface area contributed by atoms with Crippen molar-refractivity contribution in [3.05, 3.63) is 117 Å². The number of carbonyl (C=O) groups is 1. The molecule has 4 aromatic rings. The molecule has 3 aromatic carbocycles. The Kier molecular flexibility index (Phi) is 5.70. The zero-order valence-corrected chi connectivity index (χ0v) is 18.8. The first-order valence-corrected chi connectivity index (χ1v) is 11.0. The highest BCUT2D eigenvalue weighted by atomic mass is 19.2. The lowest BCUT2D eigenvalue weighted by molar-refractivity contribution is -0.151. The molecule has 0 unspecified atom stereocenters. The van der Waals surface area contributed by atoms with Crippen molar-refractivity contribution in [3.63, 3.8) is 0 Å². The topological polar surface area (TPSA) is 82.6 Å². The predicted molar refractivity (Wildman–Crippen MR) is 126 cm³/mol. The average Bonchev–Trinajstić information content (AvgIpc) is 2.89. The van der Waals surface area contributed by atoms with Crippen molar-refractivity contribution in [2.24, 2.45) is 0 Å². The summed E-state index contributed by atoms with van der Waals surface area (Å²) in [5, 5.41) is 12.1. The molecule has 0 bridgehead atoms. The van der Waals surface area contributed by atoms with Crippen molar-refractivity contribution < 1.29 is 23.4 Å². The summed E-state index contributed by atoms with van der Waals surface area (Å²) in [5.41, 5.74) is -1.04. The standard InChI is InChI=1S/C27H22F2N2O4/c1-31(26(33)27(34,16-8-4-2-5-9-16)17-10-6-3-7-11-17)23-15-35-14-22-24(23)18-12-20(28)21(29)13-19(18)25(32)30-22/h2-13,23,34H,14-15H2,1H3,(H,30,32)/t23-/m0/s1. The number of hydrogen-bond donors (Lipinski definition) is 2. The fourth-order valence-electron chi connectivity index (χ4n) is 4.72. The molecule has 5 rings (SSSR count). The maximum Gasteiger partial charge on any atom is 0.264 e. The van der Waals surface area contributed by atoms with Crippen LogP contribution in [-0.4, -0.2) is 34.6 Å². The van der Waals surface area contributed by atoms with Gasteiger partial charge in [0, 0.05) is 18.3 Å². The molecule has 0 radical (unpaired) electrons. The normalized spacial score (nSPS) is 15.6. The minimum atomic E-state index is -2.02. The van der Waals surface area contributed by atoms with Gasteiger partial charge >= 0.3 is 0 Å². The molecule has 178 valence electrons. The van der Waals surface area contributed by atoms with Gasteiger partial charge in [-0.2, -0.15) is 0 Å². The van der Waals surface area contributed by atoms with Gasteiger partial charge in [0.25, 0.3) is 11.5 Å². The van der Waals surface area contributed by atoms with Gasteiger partial charge in [-0.15, -0.1) is 0 Å². The van der Waals surface area contributed by atoms with Crippen molar-refractivity contribution in [1.82, 2.24) is 9.88 Å². The monoisotopic (exact) mass is 476 g/mol. The van der Waals surface area contributed by atoms with Crippen LogP contribution < -0.4 is 5.56 Å². The third-order valence-corrected chi connectivity index (χ3v) is 6.52. The number of halogens is 2. The first-order chi connectivity index (χ1) is 16.8. The summed E-state index contributed by atoms with van der Waals surface area (Å²) in [6.07, 6.45) is 0. The lowest BCUT2D eigenvalue weighted by Gasteiger charge is -2.38. The highest BCUT2D eigenvalue weighted by Gasteiger charge is 2.44. The van der Waals surface area contributed by atoms with E-state index >= 15 is 0 Å². The van der Waals surface area contributed by atoms with E-state index in [0.717, 1.165) is 12.1 Å². The Morgan fingerprint density at radius 2 is 1.54 bits per heavy atom. The number of carbonyl (C=O) groups excluding carboxylic acids is 1. The van der Waals surface area contributed by atoms with Crippen LogP contribution in [0.15, 0.2) is 77.6 Å². The molecule has 0 saturated carbocycles. The van der Waals surface area contributed by atoms with Crippen LogP contribution in [0, 0.1) is 11.6 Å². The van der Waals surface area contributed by atoms with E-state index in [9.17, 15) is 23.5 Å². The molecule has 0 fully saturated rings. The molecule has 1 aliphatic heterocycles. The highest BCUT2D eigenvalue weighted by molar-refractivity contribution is 5.92. The number of aromatic amines is 1. The zero-order valence-electron chi connectivity index (χ0n) is 18.8. The Hall–Kier alpha value is -3.88. The van der Waals surface area contributed by atoms with E-state index in [1.807, 2.05) is 0 Å². The third-order valence-electron chi connectivity index (χ3n) is 6.52. The van der Waals surface area contributed by atoms with E-state index in [1.54, 1.807) is 60.7 Å². The summed E-state index contributed by atoms with van der Waals surface area (Å²) in [6, 6.07) is 18.2. The molecule has 0 saturated heterocycles. The van der Waals surface area contributed by atoms with E-state index in [1.165, 1.54) is 11.9 Å². The summed E-state index contributed by atoms with van der Waals surface area (Å²) in [7, 11) is 1.51. The van der Waals surface area contributed by atoms with Gasteiger partial charge in [0.1, 0.15) is 0 Å². The van der Waals surface area contributed by atoms with Crippen molar-refractivity contribution in [3.8, 4) is 0 Å². The number of aliphatic hydroxyl groups is 1. The SMILES string of the molecule is CN(C(=O)C(O)(c1ccccc1)c1ccccc1)[C@H]1COCc2[nH]c(=O)c3cc(F)c(F)cc3c21. The molecule has 2 heterocycles.